The van der Waals surface area contributed by atoms with Crippen LogP contribution in [0.1, 0.15) is 36.0 Å². The lowest BCUT2D eigenvalue weighted by Gasteiger charge is -2.70. The molecule has 0 unspecified atom stereocenters. The van der Waals surface area contributed by atoms with Crippen LogP contribution in [0.5, 0.6) is 11.5 Å². The summed E-state index contributed by atoms with van der Waals surface area (Å²) in [4.78, 5) is 37.1. The maximum atomic E-state index is 13.5. The summed E-state index contributed by atoms with van der Waals surface area (Å²) in [5.41, 5.74) is -1.16. The quantitative estimate of drug-likeness (QED) is 0.623. The summed E-state index contributed by atoms with van der Waals surface area (Å²) in [6, 6.07) is 4.45. The van der Waals surface area contributed by atoms with E-state index < -0.39 is 58.0 Å². The molecule has 34 heavy (non-hydrogen) atoms. The SMILES string of the molecule is O=C(COc1ccc(F)c(F)c1)NC12CC(NC(=O)[C@@H]3CC(=O)c4cc(F)c(F)cc4O3)(C1)C2. The molecule has 2 bridgehead atoms. The summed E-state index contributed by atoms with van der Waals surface area (Å²) in [6.45, 7) is -0.388. The third-order valence-corrected chi connectivity index (χ3v) is 6.34. The highest BCUT2D eigenvalue weighted by atomic mass is 19.2. The number of fused-ring (bicyclic) bond motifs is 1. The molecule has 6 rings (SSSR count). The summed E-state index contributed by atoms with van der Waals surface area (Å²) < 4.78 is 63.6. The van der Waals surface area contributed by atoms with Crippen molar-refractivity contribution in [1.82, 2.24) is 10.6 Å². The van der Waals surface area contributed by atoms with Gasteiger partial charge in [-0.05, 0) is 37.5 Å². The first-order valence-corrected chi connectivity index (χ1v) is 10.5. The van der Waals surface area contributed by atoms with Crippen LogP contribution in [0.3, 0.4) is 0 Å². The van der Waals surface area contributed by atoms with Crippen LogP contribution in [0, 0.1) is 23.3 Å². The van der Waals surface area contributed by atoms with Crippen molar-refractivity contribution in [2.75, 3.05) is 6.61 Å². The minimum atomic E-state index is -1.18. The number of nitrogens with one attached hydrogen (secondary N) is 2. The molecule has 3 fully saturated rings. The lowest BCUT2D eigenvalue weighted by atomic mass is 9.44. The zero-order valence-electron chi connectivity index (χ0n) is 17.6. The molecule has 178 valence electrons. The summed E-state index contributed by atoms with van der Waals surface area (Å²) in [5.74, 6) is -6.15. The molecule has 1 heterocycles. The van der Waals surface area contributed by atoms with Gasteiger partial charge in [-0.2, -0.15) is 0 Å². The number of carbonyl (C=O) groups excluding carboxylic acids is 3. The van der Waals surface area contributed by atoms with Crippen molar-refractivity contribution in [3.63, 3.8) is 0 Å². The summed E-state index contributed by atoms with van der Waals surface area (Å²) in [7, 11) is 0. The van der Waals surface area contributed by atoms with Crippen molar-refractivity contribution < 1.29 is 41.4 Å². The van der Waals surface area contributed by atoms with Crippen molar-refractivity contribution in [3.8, 4) is 11.5 Å². The van der Waals surface area contributed by atoms with Crippen LogP contribution in [-0.2, 0) is 9.59 Å². The zero-order valence-corrected chi connectivity index (χ0v) is 17.6. The Hall–Kier alpha value is -3.63. The second-order valence-electron chi connectivity index (χ2n) is 8.99. The second kappa shape index (κ2) is 7.71. The van der Waals surface area contributed by atoms with Gasteiger partial charge in [-0.1, -0.05) is 0 Å². The summed E-state index contributed by atoms with van der Waals surface area (Å²) in [5, 5.41) is 5.65. The number of hydrogen-bond donors (Lipinski definition) is 2. The van der Waals surface area contributed by atoms with E-state index in [1.807, 2.05) is 0 Å². The number of ketones is 1. The predicted molar refractivity (Wildman–Crippen MR) is 107 cm³/mol. The van der Waals surface area contributed by atoms with E-state index in [1.165, 1.54) is 6.07 Å². The molecule has 3 aliphatic carbocycles. The molecule has 2 N–H and O–H groups in total. The first-order chi connectivity index (χ1) is 16.1. The van der Waals surface area contributed by atoms with E-state index in [9.17, 15) is 31.9 Å². The fourth-order valence-electron chi connectivity index (χ4n) is 4.91. The number of hydrogen-bond acceptors (Lipinski definition) is 5. The Balaban J connectivity index is 1.11. The third-order valence-electron chi connectivity index (χ3n) is 6.34. The van der Waals surface area contributed by atoms with Crippen molar-refractivity contribution in [2.24, 2.45) is 0 Å². The molecule has 0 saturated heterocycles. The molecule has 4 aliphatic rings. The van der Waals surface area contributed by atoms with Gasteiger partial charge in [0.15, 0.2) is 41.8 Å². The van der Waals surface area contributed by atoms with Crippen LogP contribution in [0.25, 0.3) is 0 Å². The minimum Gasteiger partial charge on any atom is -0.484 e. The average Bonchev–Trinajstić information content (AvgIpc) is 2.73. The van der Waals surface area contributed by atoms with Crippen LogP contribution >= 0.6 is 0 Å². The molecule has 0 spiro atoms. The monoisotopic (exact) mass is 478 g/mol. The van der Waals surface area contributed by atoms with Gasteiger partial charge < -0.3 is 20.1 Å². The molecular formula is C23H18F4N2O5. The maximum absolute atomic E-state index is 13.5. The Labute approximate surface area is 190 Å². The first kappa shape index (κ1) is 22.2. The number of carbonyl (C=O) groups is 3. The van der Waals surface area contributed by atoms with Gasteiger partial charge in [-0.25, -0.2) is 17.6 Å². The predicted octanol–water partition coefficient (Wildman–Crippen LogP) is 2.56. The van der Waals surface area contributed by atoms with Gasteiger partial charge in [0, 0.05) is 23.2 Å². The molecule has 3 saturated carbocycles. The molecular weight excluding hydrogens is 460 g/mol. The number of halogens is 4. The van der Waals surface area contributed by atoms with E-state index in [0.29, 0.717) is 19.3 Å². The molecule has 0 aromatic heterocycles. The third kappa shape index (κ3) is 3.84. The number of Topliss-reactive ketones (excluding diaryl/α,β-unsaturated/α-hetero) is 1. The minimum absolute atomic E-state index is 0.0154. The van der Waals surface area contributed by atoms with Gasteiger partial charge in [0.25, 0.3) is 11.8 Å². The van der Waals surface area contributed by atoms with Crippen LogP contribution in [0.15, 0.2) is 30.3 Å². The van der Waals surface area contributed by atoms with Crippen LogP contribution in [0.2, 0.25) is 0 Å². The summed E-state index contributed by atoms with van der Waals surface area (Å²) in [6.07, 6.45) is -0.100. The highest BCUT2D eigenvalue weighted by molar-refractivity contribution is 6.03. The Kier molecular flexibility index (Phi) is 5.03. The standard InChI is InChI=1S/C23H18F4N2O5/c24-13-2-1-11(3-14(13)25)33-7-20(31)28-22-8-23(9-22,10-22)29-21(32)19-6-17(30)12-4-15(26)16(27)5-18(12)34-19/h1-5,19H,6-10H2,(H,28,31)(H,29,32)/t19-,22?,23?/m0/s1. The molecule has 2 aromatic carbocycles. The zero-order chi connectivity index (χ0) is 24.3. The highest BCUT2D eigenvalue weighted by Gasteiger charge is 2.69. The van der Waals surface area contributed by atoms with E-state index in [1.54, 1.807) is 0 Å². The van der Waals surface area contributed by atoms with Crippen molar-refractivity contribution in [2.45, 2.75) is 42.9 Å². The largest absolute Gasteiger partial charge is 0.484 e. The normalized spacial score (nSPS) is 26.4. The Morgan fingerprint density at radius 1 is 0.941 bits per heavy atom. The molecule has 2 amide bonds. The number of amides is 2. The number of ether oxygens (including phenoxy) is 2. The van der Waals surface area contributed by atoms with E-state index in [2.05, 4.69) is 10.6 Å². The average molecular weight is 478 g/mol. The molecule has 0 radical (unpaired) electrons. The van der Waals surface area contributed by atoms with Crippen LogP contribution in [-0.4, -0.2) is 41.4 Å². The van der Waals surface area contributed by atoms with Gasteiger partial charge >= 0.3 is 0 Å². The van der Waals surface area contributed by atoms with Gasteiger partial charge in [0.05, 0.1) is 12.0 Å². The van der Waals surface area contributed by atoms with Crippen LogP contribution in [0.4, 0.5) is 17.6 Å². The van der Waals surface area contributed by atoms with Gasteiger partial charge in [-0.15, -0.1) is 0 Å². The Morgan fingerprint density at radius 3 is 2.29 bits per heavy atom. The molecule has 1 aliphatic heterocycles. The molecule has 2 aromatic rings. The molecule has 11 heteroatoms. The Morgan fingerprint density at radius 2 is 1.59 bits per heavy atom. The van der Waals surface area contributed by atoms with E-state index >= 15 is 0 Å². The van der Waals surface area contributed by atoms with Crippen molar-refractivity contribution in [3.05, 3.63) is 59.2 Å². The maximum Gasteiger partial charge on any atom is 0.261 e. The first-order valence-electron chi connectivity index (χ1n) is 10.5. The number of benzene rings is 2. The fourth-order valence-corrected chi connectivity index (χ4v) is 4.91. The van der Waals surface area contributed by atoms with E-state index in [0.717, 1.165) is 24.3 Å². The smallest absolute Gasteiger partial charge is 0.261 e. The lowest BCUT2D eigenvalue weighted by molar-refractivity contribution is -0.154. The van der Waals surface area contributed by atoms with Crippen molar-refractivity contribution >= 4 is 17.6 Å². The fraction of sp³-hybridized carbons (Fsp3) is 0.348. The molecule has 7 nitrogen and oxygen atoms in total. The van der Waals surface area contributed by atoms with Gasteiger partial charge in [0.2, 0.25) is 0 Å². The lowest BCUT2D eigenvalue weighted by Crippen LogP contribution is -2.84. The number of rotatable bonds is 6. The molecule has 1 atom stereocenters. The summed E-state index contributed by atoms with van der Waals surface area (Å²) >= 11 is 0. The highest BCUT2D eigenvalue weighted by Crippen LogP contribution is 2.60. The Bertz CT molecular complexity index is 1210. The van der Waals surface area contributed by atoms with Gasteiger partial charge in [0.1, 0.15) is 11.5 Å². The van der Waals surface area contributed by atoms with E-state index in [-0.39, 0.29) is 30.1 Å². The second-order valence-corrected chi connectivity index (χ2v) is 8.99. The van der Waals surface area contributed by atoms with Crippen LogP contribution < -0.4 is 20.1 Å². The van der Waals surface area contributed by atoms with Gasteiger partial charge in [-0.3, -0.25) is 14.4 Å². The van der Waals surface area contributed by atoms with Crippen molar-refractivity contribution in [1.29, 1.82) is 0 Å². The topological polar surface area (TPSA) is 93.7 Å². The van der Waals surface area contributed by atoms with E-state index in [4.69, 9.17) is 9.47 Å².